The van der Waals surface area contributed by atoms with E-state index in [-0.39, 0.29) is 17.7 Å². The number of fused-ring (bicyclic) bond motifs is 1. The third-order valence-corrected chi connectivity index (χ3v) is 5.59. The van der Waals surface area contributed by atoms with Crippen LogP contribution in [0.3, 0.4) is 0 Å². The van der Waals surface area contributed by atoms with E-state index in [1.54, 1.807) is 20.3 Å². The Morgan fingerprint density at radius 1 is 0.815 bits per heavy atom. The van der Waals surface area contributed by atoms with Crippen LogP contribution in [0.25, 0.3) is 0 Å². The van der Waals surface area contributed by atoms with Crippen molar-refractivity contribution < 1.29 is 13.9 Å². The molecule has 2 atom stereocenters. The van der Waals surface area contributed by atoms with Crippen LogP contribution in [-0.4, -0.2) is 14.2 Å². The van der Waals surface area contributed by atoms with Crippen LogP contribution in [0.1, 0.15) is 40.5 Å². The number of aryl methyl sites for hydroxylation is 1. The van der Waals surface area contributed by atoms with Gasteiger partial charge in [-0.25, -0.2) is 4.39 Å². The Morgan fingerprint density at radius 2 is 1.52 bits per heavy atom. The summed E-state index contributed by atoms with van der Waals surface area (Å²) in [5.41, 5.74) is 4.53. The molecule has 3 aromatic carbocycles. The lowest BCUT2D eigenvalue weighted by molar-refractivity contribution is 0.409. The number of methoxy groups -OCH3 is 2. The van der Waals surface area contributed by atoms with Gasteiger partial charge in [-0.05, 0) is 71.3 Å². The number of hydrogen-bond donors (Lipinski definition) is 0. The molecule has 0 aliphatic heterocycles. The molecule has 0 heterocycles. The molecule has 0 saturated carbocycles. The molecular weight excluding hydrogens is 339 g/mol. The topological polar surface area (TPSA) is 18.5 Å². The van der Waals surface area contributed by atoms with Crippen LogP contribution in [0.5, 0.6) is 11.5 Å². The first-order valence-electron chi connectivity index (χ1n) is 9.26. The molecule has 1 aliphatic carbocycles. The van der Waals surface area contributed by atoms with Crippen molar-refractivity contribution >= 4 is 0 Å². The van der Waals surface area contributed by atoms with Crippen LogP contribution < -0.4 is 9.47 Å². The van der Waals surface area contributed by atoms with Crippen molar-refractivity contribution in [3.05, 3.63) is 94.8 Å². The summed E-state index contributed by atoms with van der Waals surface area (Å²) in [6.45, 7) is 0. The summed E-state index contributed by atoms with van der Waals surface area (Å²) < 4.78 is 25.5. The maximum absolute atomic E-state index is 14.8. The van der Waals surface area contributed by atoms with Gasteiger partial charge in [0.05, 0.1) is 14.2 Å². The first-order chi connectivity index (χ1) is 13.2. The van der Waals surface area contributed by atoms with Crippen LogP contribution in [0.4, 0.5) is 4.39 Å². The summed E-state index contributed by atoms with van der Waals surface area (Å²) in [7, 11) is 3.29. The lowest BCUT2D eigenvalue weighted by Gasteiger charge is -2.35. The van der Waals surface area contributed by atoms with Crippen LogP contribution in [0, 0.1) is 5.82 Å². The monoisotopic (exact) mass is 362 g/mol. The van der Waals surface area contributed by atoms with Crippen LogP contribution in [-0.2, 0) is 6.42 Å². The van der Waals surface area contributed by atoms with Crippen molar-refractivity contribution in [2.45, 2.75) is 24.7 Å². The molecule has 0 fully saturated rings. The van der Waals surface area contributed by atoms with Crippen molar-refractivity contribution in [3.63, 3.8) is 0 Å². The van der Waals surface area contributed by atoms with E-state index >= 15 is 0 Å². The average Bonchev–Trinajstić information content (AvgIpc) is 2.73. The van der Waals surface area contributed by atoms with Crippen molar-refractivity contribution in [2.75, 3.05) is 14.2 Å². The average molecular weight is 362 g/mol. The van der Waals surface area contributed by atoms with Gasteiger partial charge in [-0.1, -0.05) is 36.4 Å². The molecule has 0 radical (unpaired) electrons. The smallest absolute Gasteiger partial charge is 0.126 e. The van der Waals surface area contributed by atoms with Crippen molar-refractivity contribution in [1.82, 2.24) is 0 Å². The molecule has 3 heteroatoms. The van der Waals surface area contributed by atoms with Crippen molar-refractivity contribution in [1.29, 1.82) is 0 Å². The van der Waals surface area contributed by atoms with Gasteiger partial charge in [-0.3, -0.25) is 0 Å². The Balaban J connectivity index is 1.85. The molecule has 0 saturated heterocycles. The molecule has 0 bridgehead atoms. The molecule has 27 heavy (non-hydrogen) atoms. The molecule has 4 rings (SSSR count). The molecule has 2 nitrogen and oxygen atoms in total. The van der Waals surface area contributed by atoms with E-state index in [0.717, 1.165) is 24.2 Å². The second-order valence-corrected chi connectivity index (χ2v) is 6.98. The summed E-state index contributed by atoms with van der Waals surface area (Å²) in [5, 5.41) is 0. The van der Waals surface area contributed by atoms with E-state index < -0.39 is 0 Å². The minimum absolute atomic E-state index is 0.0587. The number of rotatable bonds is 4. The lowest BCUT2D eigenvalue weighted by atomic mass is 9.69. The normalized spacial score (nSPS) is 18.6. The zero-order valence-corrected chi connectivity index (χ0v) is 15.6. The number of halogens is 1. The third-order valence-electron chi connectivity index (χ3n) is 5.59. The van der Waals surface area contributed by atoms with E-state index in [1.165, 1.54) is 22.8 Å². The zero-order valence-electron chi connectivity index (χ0n) is 15.6. The second kappa shape index (κ2) is 7.43. The fourth-order valence-electron chi connectivity index (χ4n) is 4.25. The summed E-state index contributed by atoms with van der Waals surface area (Å²) in [5.74, 6) is 1.51. The van der Waals surface area contributed by atoms with Gasteiger partial charge in [-0.15, -0.1) is 0 Å². The Hall–Kier alpha value is -2.81. The highest BCUT2D eigenvalue weighted by Crippen LogP contribution is 2.47. The molecule has 3 aromatic rings. The van der Waals surface area contributed by atoms with Gasteiger partial charge >= 0.3 is 0 Å². The first-order valence-corrected chi connectivity index (χ1v) is 9.26. The SMILES string of the molecule is COc1ccc([C@@H]2c3ccccc3CC[C@H]2c2cc(OC)ccc2F)cc1. The van der Waals surface area contributed by atoms with E-state index in [1.807, 2.05) is 18.2 Å². The Labute approximate surface area is 159 Å². The largest absolute Gasteiger partial charge is 0.497 e. The Morgan fingerprint density at radius 3 is 2.26 bits per heavy atom. The molecule has 0 aromatic heterocycles. The van der Waals surface area contributed by atoms with Crippen LogP contribution in [0.15, 0.2) is 66.7 Å². The minimum atomic E-state index is -0.168. The van der Waals surface area contributed by atoms with Gasteiger partial charge in [0.1, 0.15) is 17.3 Å². The quantitative estimate of drug-likeness (QED) is 0.592. The summed E-state index contributed by atoms with van der Waals surface area (Å²) in [6, 6.07) is 21.7. The number of hydrogen-bond acceptors (Lipinski definition) is 2. The standard InChI is InChI=1S/C24H23FO2/c1-26-18-10-7-17(8-11-18)24-20-6-4-3-5-16(20)9-13-21(24)22-15-19(27-2)12-14-23(22)25/h3-8,10-12,14-15,21,24H,9,13H2,1-2H3/t21-,24+/m0/s1. The Kier molecular flexibility index (Phi) is 4.85. The summed E-state index contributed by atoms with van der Waals surface area (Å²) >= 11 is 0. The summed E-state index contributed by atoms with van der Waals surface area (Å²) in [6.07, 6.45) is 1.85. The van der Waals surface area contributed by atoms with Gasteiger partial charge in [0.25, 0.3) is 0 Å². The molecule has 0 amide bonds. The molecular formula is C24H23FO2. The van der Waals surface area contributed by atoms with Gasteiger partial charge in [-0.2, -0.15) is 0 Å². The maximum atomic E-state index is 14.8. The molecule has 1 aliphatic rings. The third kappa shape index (κ3) is 3.30. The fraction of sp³-hybridized carbons (Fsp3) is 0.250. The predicted molar refractivity (Wildman–Crippen MR) is 105 cm³/mol. The fourth-order valence-corrected chi connectivity index (χ4v) is 4.25. The van der Waals surface area contributed by atoms with E-state index in [9.17, 15) is 4.39 Å². The van der Waals surface area contributed by atoms with Crippen LogP contribution >= 0.6 is 0 Å². The zero-order chi connectivity index (χ0) is 18.8. The lowest BCUT2D eigenvalue weighted by Crippen LogP contribution is -2.21. The van der Waals surface area contributed by atoms with Crippen molar-refractivity contribution in [2.24, 2.45) is 0 Å². The second-order valence-electron chi connectivity index (χ2n) is 6.98. The highest BCUT2D eigenvalue weighted by atomic mass is 19.1. The highest BCUT2D eigenvalue weighted by Gasteiger charge is 2.33. The van der Waals surface area contributed by atoms with Gasteiger partial charge < -0.3 is 9.47 Å². The summed E-state index contributed by atoms with van der Waals surface area (Å²) in [4.78, 5) is 0. The van der Waals surface area contributed by atoms with Gasteiger partial charge in [0.2, 0.25) is 0 Å². The predicted octanol–water partition coefficient (Wildman–Crippen LogP) is 5.70. The Bertz CT molecular complexity index is 933. The number of benzene rings is 3. The first kappa shape index (κ1) is 17.6. The number of ether oxygens (including phenoxy) is 2. The van der Waals surface area contributed by atoms with Crippen molar-refractivity contribution in [3.8, 4) is 11.5 Å². The molecule has 0 spiro atoms. The minimum Gasteiger partial charge on any atom is -0.497 e. The molecule has 138 valence electrons. The van der Waals surface area contributed by atoms with E-state index in [2.05, 4.69) is 36.4 Å². The van der Waals surface area contributed by atoms with E-state index in [4.69, 9.17) is 9.47 Å². The van der Waals surface area contributed by atoms with Crippen LogP contribution in [0.2, 0.25) is 0 Å². The maximum Gasteiger partial charge on any atom is 0.126 e. The van der Waals surface area contributed by atoms with Gasteiger partial charge in [0, 0.05) is 5.92 Å². The van der Waals surface area contributed by atoms with Gasteiger partial charge in [0.15, 0.2) is 0 Å². The van der Waals surface area contributed by atoms with E-state index in [0.29, 0.717) is 5.75 Å². The highest BCUT2D eigenvalue weighted by molar-refractivity contribution is 5.47. The molecule has 0 unspecified atom stereocenters. The molecule has 0 N–H and O–H groups in total.